The number of methoxy groups -OCH3 is 1. The Labute approximate surface area is 213 Å². The van der Waals surface area contributed by atoms with E-state index in [4.69, 9.17) is 23.9 Å². The lowest BCUT2D eigenvalue weighted by Gasteiger charge is -2.36. The number of sulfone groups is 1. The molecule has 1 aliphatic heterocycles. The Morgan fingerprint density at radius 2 is 1.64 bits per heavy atom. The Balaban J connectivity index is 0.000000982. The maximum absolute atomic E-state index is 13.7. The molecule has 0 aliphatic carbocycles. The molecule has 1 aliphatic rings. The lowest BCUT2D eigenvalue weighted by atomic mass is 9.87. The van der Waals surface area contributed by atoms with Crippen LogP contribution in [0.4, 0.5) is 0 Å². The monoisotopic (exact) mass is 517 g/mol. The summed E-state index contributed by atoms with van der Waals surface area (Å²) in [6.07, 6.45) is 4.13. The highest BCUT2D eigenvalue weighted by molar-refractivity contribution is 7.91. The Hall–Kier alpha value is -3.09. The molecule has 1 N–H and O–H groups in total. The van der Waals surface area contributed by atoms with Gasteiger partial charge in [0.05, 0.1) is 23.8 Å². The number of carbonyl (C=O) groups excluding carboxylic acids is 4. The van der Waals surface area contributed by atoms with E-state index in [1.165, 1.54) is 0 Å². The first-order valence-electron chi connectivity index (χ1n) is 11.9. The van der Waals surface area contributed by atoms with Gasteiger partial charge in [-0.2, -0.15) is 19.2 Å². The number of nitrogens with one attached hydrogen (secondary N) is 1. The molecule has 0 spiro atoms. The van der Waals surface area contributed by atoms with Crippen LogP contribution in [-0.4, -0.2) is 39.1 Å². The lowest BCUT2D eigenvalue weighted by Crippen LogP contribution is -2.50. The van der Waals surface area contributed by atoms with Gasteiger partial charge >= 0.3 is 12.3 Å². The topological polar surface area (TPSA) is 124 Å². The zero-order chi connectivity index (χ0) is 27.4. The Kier molecular flexibility index (Phi) is 12.4. The van der Waals surface area contributed by atoms with Crippen LogP contribution in [0.2, 0.25) is 0 Å². The molecule has 196 valence electrons. The van der Waals surface area contributed by atoms with Crippen LogP contribution in [0.3, 0.4) is 0 Å². The van der Waals surface area contributed by atoms with Gasteiger partial charge in [0.25, 0.3) is 0 Å². The van der Waals surface area contributed by atoms with Gasteiger partial charge in [0.2, 0.25) is 0 Å². The molecule has 9 heteroatoms. The summed E-state index contributed by atoms with van der Waals surface area (Å²) in [5, 5.41) is 3.81. The van der Waals surface area contributed by atoms with E-state index in [-0.39, 0.29) is 30.0 Å². The van der Waals surface area contributed by atoms with Gasteiger partial charge in [-0.3, -0.25) is 5.32 Å². The van der Waals surface area contributed by atoms with Crippen LogP contribution in [0.1, 0.15) is 82.0 Å². The standard InChI is InChI=1S/C25H35NO3S.2CO2/c1-6-8-14-25(7-2)17-30(27,28)23-16-20(18(3)4)22(29-5)15-21(23)24(26-25)19-12-10-9-11-13-19;2*2-1-3/h9-13,15-16,18,24,26H,6-8,14,17H2,1-5H3;;/t24-,25-;;/m1../s1. The highest BCUT2D eigenvalue weighted by Crippen LogP contribution is 2.42. The van der Waals surface area contributed by atoms with E-state index in [1.807, 2.05) is 30.3 Å². The van der Waals surface area contributed by atoms with Crippen molar-refractivity contribution in [2.24, 2.45) is 0 Å². The first-order valence-corrected chi connectivity index (χ1v) is 13.5. The van der Waals surface area contributed by atoms with Crippen LogP contribution in [-0.2, 0) is 29.0 Å². The predicted octanol–water partition coefficient (Wildman–Crippen LogP) is 4.46. The molecule has 0 saturated carbocycles. The fourth-order valence-electron chi connectivity index (χ4n) is 4.53. The summed E-state index contributed by atoms with van der Waals surface area (Å²) in [5.74, 6) is 1.04. The third-order valence-corrected chi connectivity index (χ3v) is 8.32. The van der Waals surface area contributed by atoms with Gasteiger partial charge in [-0.05, 0) is 47.6 Å². The van der Waals surface area contributed by atoms with Crippen molar-refractivity contribution in [3.05, 3.63) is 59.2 Å². The molecule has 2 aromatic carbocycles. The summed E-state index contributed by atoms with van der Waals surface area (Å²) in [7, 11) is -1.81. The van der Waals surface area contributed by atoms with E-state index in [2.05, 4.69) is 45.1 Å². The molecule has 0 aromatic heterocycles. The molecule has 0 radical (unpaired) electrons. The maximum atomic E-state index is 13.7. The molecule has 0 saturated heterocycles. The van der Waals surface area contributed by atoms with Crippen molar-refractivity contribution in [2.45, 2.75) is 75.8 Å². The number of unbranched alkanes of at least 4 members (excludes halogenated alkanes) is 1. The van der Waals surface area contributed by atoms with E-state index in [9.17, 15) is 8.42 Å². The molecular formula is C27H35NO7S. The van der Waals surface area contributed by atoms with E-state index >= 15 is 0 Å². The Morgan fingerprint density at radius 1 is 1.06 bits per heavy atom. The molecule has 0 fully saturated rings. The molecule has 36 heavy (non-hydrogen) atoms. The van der Waals surface area contributed by atoms with Crippen molar-refractivity contribution in [2.75, 3.05) is 12.9 Å². The van der Waals surface area contributed by atoms with Gasteiger partial charge in [0, 0.05) is 5.54 Å². The summed E-state index contributed by atoms with van der Waals surface area (Å²) in [5.41, 5.74) is 2.34. The molecule has 0 amide bonds. The quantitative estimate of drug-likeness (QED) is 0.571. The average molecular weight is 518 g/mol. The minimum Gasteiger partial charge on any atom is -0.496 e. The van der Waals surface area contributed by atoms with Crippen molar-refractivity contribution in [1.29, 1.82) is 0 Å². The first-order chi connectivity index (χ1) is 17.1. The Morgan fingerprint density at radius 3 is 2.11 bits per heavy atom. The number of ether oxygens (including phenoxy) is 1. The van der Waals surface area contributed by atoms with Crippen LogP contribution in [0.25, 0.3) is 0 Å². The third-order valence-electron chi connectivity index (χ3n) is 6.37. The van der Waals surface area contributed by atoms with Crippen molar-refractivity contribution in [3.63, 3.8) is 0 Å². The smallest absolute Gasteiger partial charge is 0.373 e. The van der Waals surface area contributed by atoms with Crippen LogP contribution >= 0.6 is 0 Å². The third kappa shape index (κ3) is 7.70. The number of fused-ring (bicyclic) bond motifs is 1. The molecular weight excluding hydrogens is 482 g/mol. The second kappa shape index (κ2) is 14.5. The summed E-state index contributed by atoms with van der Waals surface area (Å²) in [6.45, 7) is 8.38. The van der Waals surface area contributed by atoms with Gasteiger partial charge in [-0.15, -0.1) is 0 Å². The fourth-order valence-corrected chi connectivity index (χ4v) is 6.69. The number of hydrogen-bond acceptors (Lipinski definition) is 8. The molecule has 2 aromatic rings. The van der Waals surface area contributed by atoms with Gasteiger partial charge in [0.15, 0.2) is 9.84 Å². The van der Waals surface area contributed by atoms with Gasteiger partial charge in [-0.1, -0.05) is 70.9 Å². The Bertz CT molecular complexity index is 1140. The van der Waals surface area contributed by atoms with Crippen molar-refractivity contribution in [1.82, 2.24) is 5.32 Å². The first kappa shape index (κ1) is 30.9. The van der Waals surface area contributed by atoms with Crippen LogP contribution in [0.5, 0.6) is 5.75 Å². The molecule has 8 nitrogen and oxygen atoms in total. The second-order valence-corrected chi connectivity index (χ2v) is 10.9. The zero-order valence-corrected chi connectivity index (χ0v) is 22.3. The largest absolute Gasteiger partial charge is 0.496 e. The molecule has 1 heterocycles. The molecule has 2 atom stereocenters. The summed E-state index contributed by atoms with van der Waals surface area (Å²) < 4.78 is 33.1. The number of rotatable bonds is 7. The minimum absolute atomic E-state index is 0.122. The average Bonchev–Trinajstić information content (AvgIpc) is 2.95. The van der Waals surface area contributed by atoms with E-state index in [0.29, 0.717) is 4.90 Å². The summed E-state index contributed by atoms with van der Waals surface area (Å²) in [4.78, 5) is 32.9. The van der Waals surface area contributed by atoms with E-state index in [1.54, 1.807) is 7.11 Å². The fraction of sp³-hybridized carbons (Fsp3) is 0.481. The highest BCUT2D eigenvalue weighted by Gasteiger charge is 2.42. The second-order valence-electron chi connectivity index (χ2n) is 8.94. The van der Waals surface area contributed by atoms with Crippen LogP contribution < -0.4 is 10.1 Å². The van der Waals surface area contributed by atoms with Gasteiger partial charge in [0.1, 0.15) is 5.75 Å². The minimum atomic E-state index is -3.47. The maximum Gasteiger partial charge on any atom is 0.373 e. The number of hydrogen-bond donors (Lipinski definition) is 1. The van der Waals surface area contributed by atoms with E-state index < -0.39 is 15.4 Å². The highest BCUT2D eigenvalue weighted by atomic mass is 32.2. The summed E-state index contributed by atoms with van der Waals surface area (Å²) in [6, 6.07) is 13.8. The normalized spacial score (nSPS) is 19.7. The zero-order valence-electron chi connectivity index (χ0n) is 21.5. The van der Waals surface area contributed by atoms with Crippen molar-refractivity contribution in [3.8, 4) is 5.75 Å². The lowest BCUT2D eigenvalue weighted by molar-refractivity contribution is -0.193. The van der Waals surface area contributed by atoms with Gasteiger partial charge in [-0.25, -0.2) is 8.42 Å². The SMILES string of the molecule is CCCC[C@]1(CC)CS(=O)(=O)c2cc(C(C)C)c(OC)cc2[C@@H](c2ccccc2)N1.O=C=O.O=C=O. The molecule has 3 rings (SSSR count). The van der Waals surface area contributed by atoms with Crippen molar-refractivity contribution >= 4 is 22.1 Å². The summed E-state index contributed by atoms with van der Waals surface area (Å²) >= 11 is 0. The number of benzene rings is 2. The van der Waals surface area contributed by atoms with Crippen LogP contribution in [0, 0.1) is 0 Å². The van der Waals surface area contributed by atoms with E-state index in [0.717, 1.165) is 48.1 Å². The van der Waals surface area contributed by atoms with Crippen molar-refractivity contribution < 1.29 is 32.3 Å². The predicted molar refractivity (Wildman–Crippen MR) is 133 cm³/mol. The molecule has 0 bridgehead atoms. The van der Waals surface area contributed by atoms with Crippen LogP contribution in [0.15, 0.2) is 47.4 Å². The molecule has 0 unspecified atom stereocenters. The van der Waals surface area contributed by atoms with Gasteiger partial charge < -0.3 is 4.74 Å².